The third-order valence-corrected chi connectivity index (χ3v) is 3.26. The van der Waals surface area contributed by atoms with Crippen molar-refractivity contribution >= 4 is 0 Å². The summed E-state index contributed by atoms with van der Waals surface area (Å²) < 4.78 is 5.54. The minimum absolute atomic E-state index is 0.563. The summed E-state index contributed by atoms with van der Waals surface area (Å²) in [6.45, 7) is 4.62. The minimum Gasteiger partial charge on any atom is -0.381 e. The van der Waals surface area contributed by atoms with E-state index in [9.17, 15) is 0 Å². The van der Waals surface area contributed by atoms with Crippen molar-refractivity contribution in [2.45, 2.75) is 58.5 Å². The molecule has 0 spiro atoms. The summed E-state index contributed by atoms with van der Waals surface area (Å²) in [5.74, 6) is 1.69. The molecular weight excluding hydrogens is 160 g/mol. The second kappa shape index (κ2) is 5.64. The molecule has 0 amide bonds. The molecule has 0 saturated heterocycles. The molecule has 0 heterocycles. The number of hydrogen-bond donors (Lipinski definition) is 0. The van der Waals surface area contributed by atoms with Gasteiger partial charge in [0.15, 0.2) is 0 Å². The maximum absolute atomic E-state index is 5.54. The van der Waals surface area contributed by atoms with Crippen LogP contribution in [0.3, 0.4) is 0 Å². The number of methoxy groups -OCH3 is 1. The quantitative estimate of drug-likeness (QED) is 0.648. The SMILES string of the molecule is COC1CCCCC1CCC(C)C. The van der Waals surface area contributed by atoms with E-state index in [-0.39, 0.29) is 0 Å². The van der Waals surface area contributed by atoms with Crippen molar-refractivity contribution in [3.63, 3.8) is 0 Å². The van der Waals surface area contributed by atoms with E-state index < -0.39 is 0 Å². The third-order valence-electron chi connectivity index (χ3n) is 3.26. The van der Waals surface area contributed by atoms with Gasteiger partial charge in [0.2, 0.25) is 0 Å². The zero-order valence-corrected chi connectivity index (χ0v) is 9.38. The van der Waals surface area contributed by atoms with Crippen molar-refractivity contribution in [1.29, 1.82) is 0 Å². The highest BCUT2D eigenvalue weighted by molar-refractivity contribution is 4.75. The molecule has 1 nitrogen and oxygen atoms in total. The molecule has 2 unspecified atom stereocenters. The summed E-state index contributed by atoms with van der Waals surface area (Å²) in [4.78, 5) is 0. The van der Waals surface area contributed by atoms with Crippen LogP contribution in [-0.2, 0) is 4.74 Å². The van der Waals surface area contributed by atoms with E-state index in [0.29, 0.717) is 6.10 Å². The average molecular weight is 184 g/mol. The van der Waals surface area contributed by atoms with Crippen LogP contribution >= 0.6 is 0 Å². The Bertz CT molecular complexity index is 131. The summed E-state index contributed by atoms with van der Waals surface area (Å²) in [5.41, 5.74) is 0. The first-order chi connectivity index (χ1) is 6.24. The summed E-state index contributed by atoms with van der Waals surface area (Å²) >= 11 is 0. The second-order valence-corrected chi connectivity index (χ2v) is 4.79. The highest BCUT2D eigenvalue weighted by Crippen LogP contribution is 2.30. The number of ether oxygens (including phenoxy) is 1. The van der Waals surface area contributed by atoms with Gasteiger partial charge >= 0.3 is 0 Å². The maximum atomic E-state index is 5.54. The van der Waals surface area contributed by atoms with Crippen molar-refractivity contribution in [3.05, 3.63) is 0 Å². The van der Waals surface area contributed by atoms with Crippen molar-refractivity contribution in [3.8, 4) is 0 Å². The highest BCUT2D eigenvalue weighted by atomic mass is 16.5. The lowest BCUT2D eigenvalue weighted by atomic mass is 9.82. The van der Waals surface area contributed by atoms with Crippen LogP contribution in [0.4, 0.5) is 0 Å². The lowest BCUT2D eigenvalue weighted by Crippen LogP contribution is -2.26. The van der Waals surface area contributed by atoms with Gasteiger partial charge in [0.05, 0.1) is 6.10 Å². The smallest absolute Gasteiger partial charge is 0.0599 e. The van der Waals surface area contributed by atoms with Crippen LogP contribution in [-0.4, -0.2) is 13.2 Å². The fourth-order valence-corrected chi connectivity index (χ4v) is 2.36. The first kappa shape index (κ1) is 11.0. The van der Waals surface area contributed by atoms with Gasteiger partial charge in [-0.2, -0.15) is 0 Å². The molecule has 0 N–H and O–H groups in total. The van der Waals surface area contributed by atoms with Gasteiger partial charge in [-0.1, -0.05) is 33.1 Å². The average Bonchev–Trinajstić information content (AvgIpc) is 2.15. The highest BCUT2D eigenvalue weighted by Gasteiger charge is 2.24. The molecule has 1 aliphatic carbocycles. The Labute approximate surface area is 82.9 Å². The predicted molar refractivity (Wildman–Crippen MR) is 56.8 cm³/mol. The van der Waals surface area contributed by atoms with Crippen LogP contribution in [0.15, 0.2) is 0 Å². The second-order valence-electron chi connectivity index (χ2n) is 4.79. The Balaban J connectivity index is 2.27. The third kappa shape index (κ3) is 3.68. The molecule has 1 saturated carbocycles. The van der Waals surface area contributed by atoms with E-state index in [1.165, 1.54) is 38.5 Å². The van der Waals surface area contributed by atoms with Crippen molar-refractivity contribution in [2.24, 2.45) is 11.8 Å². The van der Waals surface area contributed by atoms with E-state index in [2.05, 4.69) is 13.8 Å². The van der Waals surface area contributed by atoms with Crippen LogP contribution in [0.1, 0.15) is 52.4 Å². The monoisotopic (exact) mass is 184 g/mol. The van der Waals surface area contributed by atoms with Gasteiger partial charge in [0.25, 0.3) is 0 Å². The summed E-state index contributed by atoms with van der Waals surface area (Å²) in [6.07, 6.45) is 8.78. The predicted octanol–water partition coefficient (Wildman–Crippen LogP) is 3.63. The Morgan fingerprint density at radius 2 is 1.92 bits per heavy atom. The fourth-order valence-electron chi connectivity index (χ4n) is 2.36. The van der Waals surface area contributed by atoms with Gasteiger partial charge in [-0.05, 0) is 31.1 Å². The van der Waals surface area contributed by atoms with Gasteiger partial charge in [-0.15, -0.1) is 0 Å². The Kier molecular flexibility index (Phi) is 4.79. The lowest BCUT2D eigenvalue weighted by Gasteiger charge is -2.30. The van der Waals surface area contributed by atoms with Crippen LogP contribution in [0.2, 0.25) is 0 Å². The number of hydrogen-bond acceptors (Lipinski definition) is 1. The van der Waals surface area contributed by atoms with Gasteiger partial charge in [-0.25, -0.2) is 0 Å². The molecule has 1 aliphatic rings. The molecule has 13 heavy (non-hydrogen) atoms. The summed E-state index contributed by atoms with van der Waals surface area (Å²) in [6, 6.07) is 0. The van der Waals surface area contributed by atoms with E-state index >= 15 is 0 Å². The molecule has 0 bridgehead atoms. The van der Waals surface area contributed by atoms with Crippen LogP contribution < -0.4 is 0 Å². The van der Waals surface area contributed by atoms with Crippen molar-refractivity contribution in [2.75, 3.05) is 7.11 Å². The van der Waals surface area contributed by atoms with Crippen molar-refractivity contribution < 1.29 is 4.74 Å². The van der Waals surface area contributed by atoms with Crippen molar-refractivity contribution in [1.82, 2.24) is 0 Å². The van der Waals surface area contributed by atoms with Gasteiger partial charge in [0.1, 0.15) is 0 Å². The Morgan fingerprint density at radius 3 is 2.54 bits per heavy atom. The van der Waals surface area contributed by atoms with Gasteiger partial charge in [0, 0.05) is 7.11 Å². The van der Waals surface area contributed by atoms with Crippen LogP contribution in [0.5, 0.6) is 0 Å². The first-order valence-corrected chi connectivity index (χ1v) is 5.76. The first-order valence-electron chi connectivity index (χ1n) is 5.76. The van der Waals surface area contributed by atoms with Crippen LogP contribution in [0, 0.1) is 11.8 Å². The fraction of sp³-hybridized carbons (Fsp3) is 1.00. The summed E-state index contributed by atoms with van der Waals surface area (Å²) in [7, 11) is 1.87. The van der Waals surface area contributed by atoms with Crippen LogP contribution in [0.25, 0.3) is 0 Å². The molecule has 0 aliphatic heterocycles. The van der Waals surface area contributed by atoms with E-state index in [0.717, 1.165) is 11.8 Å². The topological polar surface area (TPSA) is 9.23 Å². The molecule has 1 rings (SSSR count). The largest absolute Gasteiger partial charge is 0.381 e. The molecule has 0 radical (unpaired) electrons. The zero-order valence-electron chi connectivity index (χ0n) is 9.38. The van der Waals surface area contributed by atoms with Gasteiger partial charge in [-0.3, -0.25) is 0 Å². The molecule has 2 atom stereocenters. The molecule has 0 aromatic carbocycles. The van der Waals surface area contributed by atoms with E-state index in [4.69, 9.17) is 4.74 Å². The molecular formula is C12H24O. The number of rotatable bonds is 4. The zero-order chi connectivity index (χ0) is 9.68. The molecule has 0 aromatic heterocycles. The maximum Gasteiger partial charge on any atom is 0.0599 e. The lowest BCUT2D eigenvalue weighted by molar-refractivity contribution is 0.0185. The molecule has 1 fully saturated rings. The standard InChI is InChI=1S/C12H24O/c1-10(2)8-9-11-6-4-5-7-12(11)13-3/h10-12H,4-9H2,1-3H3. The Morgan fingerprint density at radius 1 is 1.23 bits per heavy atom. The minimum atomic E-state index is 0.563. The van der Waals surface area contributed by atoms with Gasteiger partial charge < -0.3 is 4.74 Å². The summed E-state index contributed by atoms with van der Waals surface area (Å²) in [5, 5.41) is 0. The molecule has 78 valence electrons. The Hall–Kier alpha value is -0.0400. The van der Waals surface area contributed by atoms with E-state index in [1.807, 2.05) is 7.11 Å². The normalized spacial score (nSPS) is 29.5. The van der Waals surface area contributed by atoms with E-state index in [1.54, 1.807) is 0 Å². The molecule has 1 heteroatoms. The molecule has 0 aromatic rings.